The van der Waals surface area contributed by atoms with Crippen molar-refractivity contribution in [1.82, 2.24) is 15.5 Å². The van der Waals surface area contributed by atoms with Gasteiger partial charge < -0.3 is 20.3 Å². The molecule has 1 aliphatic heterocycles. The van der Waals surface area contributed by atoms with Crippen LogP contribution in [0.15, 0.2) is 0 Å². The summed E-state index contributed by atoms with van der Waals surface area (Å²) in [5.74, 6) is -0.0916. The molecule has 1 atom stereocenters. The number of hydrogen-bond donors (Lipinski definition) is 2. The number of ether oxygens (including phenoxy) is 1. The Morgan fingerprint density at radius 2 is 2.21 bits per heavy atom. The molecule has 2 N–H and O–H groups in total. The number of nitrogens with zero attached hydrogens (tertiary/aromatic N) is 1. The normalized spacial score (nSPS) is 22.3. The summed E-state index contributed by atoms with van der Waals surface area (Å²) < 4.78 is 4.90. The van der Waals surface area contributed by atoms with Crippen LogP contribution in [-0.4, -0.2) is 63.7 Å². The lowest BCUT2D eigenvalue weighted by Crippen LogP contribution is -2.46. The average Bonchev–Trinajstić information content (AvgIpc) is 2.82. The summed E-state index contributed by atoms with van der Waals surface area (Å²) in [5.41, 5.74) is -0.370. The average molecular weight is 271 g/mol. The SMILES string of the molecule is COCCCNC(=O)CN(C)C(=O)C1(C)CCNC1. The molecule has 1 unspecified atom stereocenters. The number of hydrogen-bond acceptors (Lipinski definition) is 4. The van der Waals surface area contributed by atoms with Crippen LogP contribution in [0.2, 0.25) is 0 Å². The molecule has 1 heterocycles. The Morgan fingerprint density at radius 1 is 1.47 bits per heavy atom. The summed E-state index contributed by atoms with van der Waals surface area (Å²) in [5, 5.41) is 5.97. The summed E-state index contributed by atoms with van der Waals surface area (Å²) in [7, 11) is 3.31. The monoisotopic (exact) mass is 271 g/mol. The van der Waals surface area contributed by atoms with Gasteiger partial charge in [0, 0.05) is 33.9 Å². The van der Waals surface area contributed by atoms with E-state index < -0.39 is 0 Å². The van der Waals surface area contributed by atoms with E-state index in [0.29, 0.717) is 19.7 Å². The third-order valence-corrected chi connectivity index (χ3v) is 3.46. The minimum atomic E-state index is -0.370. The standard InChI is InChI=1S/C13H25N3O3/c1-13(5-7-14-10-13)12(18)16(2)9-11(17)15-6-4-8-19-3/h14H,4-10H2,1-3H3,(H,15,17). The van der Waals surface area contributed by atoms with Gasteiger partial charge >= 0.3 is 0 Å². The van der Waals surface area contributed by atoms with Crippen molar-refractivity contribution in [2.75, 3.05) is 46.9 Å². The van der Waals surface area contributed by atoms with Crippen molar-refractivity contribution in [3.05, 3.63) is 0 Å². The van der Waals surface area contributed by atoms with Gasteiger partial charge in [0.25, 0.3) is 0 Å². The molecule has 0 saturated carbocycles. The van der Waals surface area contributed by atoms with Crippen molar-refractivity contribution in [3.63, 3.8) is 0 Å². The molecule has 6 heteroatoms. The topological polar surface area (TPSA) is 70.7 Å². The number of nitrogens with one attached hydrogen (secondary N) is 2. The number of carbonyl (C=O) groups is 2. The molecule has 0 aromatic heterocycles. The van der Waals surface area contributed by atoms with Gasteiger partial charge in [0.2, 0.25) is 11.8 Å². The minimum absolute atomic E-state index is 0.0320. The van der Waals surface area contributed by atoms with Gasteiger partial charge in [-0.15, -0.1) is 0 Å². The van der Waals surface area contributed by atoms with E-state index in [2.05, 4.69) is 10.6 Å². The van der Waals surface area contributed by atoms with Gasteiger partial charge in [0.1, 0.15) is 0 Å². The minimum Gasteiger partial charge on any atom is -0.385 e. The van der Waals surface area contributed by atoms with E-state index in [1.807, 2.05) is 6.92 Å². The van der Waals surface area contributed by atoms with Crippen molar-refractivity contribution in [3.8, 4) is 0 Å². The number of amides is 2. The van der Waals surface area contributed by atoms with Gasteiger partial charge in [-0.25, -0.2) is 0 Å². The lowest BCUT2D eigenvalue weighted by Gasteiger charge is -2.27. The van der Waals surface area contributed by atoms with E-state index in [1.54, 1.807) is 14.2 Å². The fraction of sp³-hybridized carbons (Fsp3) is 0.846. The summed E-state index contributed by atoms with van der Waals surface area (Å²) in [6.45, 7) is 4.81. The molecule has 0 aromatic carbocycles. The maximum Gasteiger partial charge on any atom is 0.239 e. The second-order valence-corrected chi connectivity index (χ2v) is 5.34. The molecular weight excluding hydrogens is 246 g/mol. The number of methoxy groups -OCH3 is 1. The molecule has 0 aliphatic carbocycles. The van der Waals surface area contributed by atoms with Crippen LogP contribution in [0.5, 0.6) is 0 Å². The van der Waals surface area contributed by atoms with Crippen LogP contribution in [-0.2, 0) is 14.3 Å². The summed E-state index contributed by atoms with van der Waals surface area (Å²) in [6, 6.07) is 0. The molecule has 6 nitrogen and oxygen atoms in total. The van der Waals surface area contributed by atoms with Crippen LogP contribution in [0, 0.1) is 5.41 Å². The predicted molar refractivity (Wildman–Crippen MR) is 72.7 cm³/mol. The predicted octanol–water partition coefficient (Wildman–Crippen LogP) is -0.403. The zero-order valence-corrected chi connectivity index (χ0v) is 12.1. The van der Waals surface area contributed by atoms with Gasteiger partial charge in [-0.2, -0.15) is 0 Å². The third-order valence-electron chi connectivity index (χ3n) is 3.46. The highest BCUT2D eigenvalue weighted by Crippen LogP contribution is 2.26. The second-order valence-electron chi connectivity index (χ2n) is 5.34. The Hall–Kier alpha value is -1.14. The largest absolute Gasteiger partial charge is 0.385 e. The molecule has 1 rings (SSSR count). The smallest absolute Gasteiger partial charge is 0.239 e. The molecule has 1 fully saturated rings. The summed E-state index contributed by atoms with van der Waals surface area (Å²) >= 11 is 0. The fourth-order valence-electron chi connectivity index (χ4n) is 2.25. The molecule has 19 heavy (non-hydrogen) atoms. The second kappa shape index (κ2) is 7.45. The first-order valence-electron chi connectivity index (χ1n) is 6.71. The summed E-state index contributed by atoms with van der Waals surface area (Å²) in [6.07, 6.45) is 1.60. The molecular formula is C13H25N3O3. The fourth-order valence-corrected chi connectivity index (χ4v) is 2.25. The Bertz CT molecular complexity index is 314. The molecule has 2 amide bonds. The van der Waals surface area contributed by atoms with Crippen molar-refractivity contribution in [2.45, 2.75) is 19.8 Å². The molecule has 0 radical (unpaired) electrons. The molecule has 110 valence electrons. The third kappa shape index (κ3) is 4.80. The van der Waals surface area contributed by atoms with Crippen molar-refractivity contribution >= 4 is 11.8 Å². The van der Waals surface area contributed by atoms with Crippen molar-refractivity contribution in [2.24, 2.45) is 5.41 Å². The maximum atomic E-state index is 12.3. The lowest BCUT2D eigenvalue weighted by atomic mass is 9.88. The van der Waals surface area contributed by atoms with Gasteiger partial charge in [-0.05, 0) is 26.3 Å². The zero-order valence-electron chi connectivity index (χ0n) is 12.1. The highest BCUT2D eigenvalue weighted by atomic mass is 16.5. The lowest BCUT2D eigenvalue weighted by molar-refractivity contribution is -0.141. The van der Waals surface area contributed by atoms with Crippen molar-refractivity contribution < 1.29 is 14.3 Å². The molecule has 0 bridgehead atoms. The van der Waals surface area contributed by atoms with E-state index in [1.165, 1.54) is 4.90 Å². The maximum absolute atomic E-state index is 12.3. The Labute approximate surface area is 114 Å². The van der Waals surface area contributed by atoms with Crippen LogP contribution in [0.1, 0.15) is 19.8 Å². The van der Waals surface area contributed by atoms with Gasteiger partial charge in [0.05, 0.1) is 12.0 Å². The Kier molecular flexibility index (Phi) is 6.24. The highest BCUT2D eigenvalue weighted by molar-refractivity contribution is 5.87. The molecule has 1 saturated heterocycles. The van der Waals surface area contributed by atoms with E-state index in [-0.39, 0.29) is 23.8 Å². The number of carbonyl (C=O) groups excluding carboxylic acids is 2. The van der Waals surface area contributed by atoms with Gasteiger partial charge in [-0.3, -0.25) is 9.59 Å². The zero-order chi connectivity index (χ0) is 14.3. The summed E-state index contributed by atoms with van der Waals surface area (Å²) in [4.78, 5) is 25.5. The molecule has 0 spiro atoms. The van der Waals surface area contributed by atoms with E-state index in [4.69, 9.17) is 4.74 Å². The highest BCUT2D eigenvalue weighted by Gasteiger charge is 2.38. The first-order valence-corrected chi connectivity index (χ1v) is 6.71. The van der Waals surface area contributed by atoms with Crippen LogP contribution < -0.4 is 10.6 Å². The van der Waals surface area contributed by atoms with Gasteiger partial charge in [-0.1, -0.05) is 0 Å². The first kappa shape index (κ1) is 15.9. The number of likely N-dealkylation sites (N-methyl/N-ethyl adjacent to an activating group) is 1. The first-order chi connectivity index (χ1) is 8.99. The van der Waals surface area contributed by atoms with E-state index >= 15 is 0 Å². The molecule has 1 aliphatic rings. The van der Waals surface area contributed by atoms with Crippen LogP contribution in [0.3, 0.4) is 0 Å². The molecule has 0 aromatic rings. The van der Waals surface area contributed by atoms with Crippen LogP contribution in [0.25, 0.3) is 0 Å². The van der Waals surface area contributed by atoms with E-state index in [0.717, 1.165) is 19.4 Å². The Morgan fingerprint density at radius 3 is 2.79 bits per heavy atom. The van der Waals surface area contributed by atoms with Gasteiger partial charge in [0.15, 0.2) is 0 Å². The quantitative estimate of drug-likeness (QED) is 0.618. The van der Waals surface area contributed by atoms with Crippen molar-refractivity contribution in [1.29, 1.82) is 0 Å². The van der Waals surface area contributed by atoms with Crippen LogP contribution in [0.4, 0.5) is 0 Å². The number of rotatable bonds is 7. The Balaban J connectivity index is 2.31. The van der Waals surface area contributed by atoms with E-state index in [9.17, 15) is 9.59 Å². The van der Waals surface area contributed by atoms with Crippen LogP contribution >= 0.6 is 0 Å².